The van der Waals surface area contributed by atoms with Gasteiger partial charge in [-0.15, -0.1) is 0 Å². The van der Waals surface area contributed by atoms with E-state index in [0.717, 1.165) is 26.2 Å². The standard InChI is InChI=1S/C12H24O3Si/c1-3-8-16(2)12(6-4-5-7-14-12)15-10-11-9-13-11/h11,16H,3-10H2,1-2H3. The summed E-state index contributed by atoms with van der Waals surface area (Å²) in [5, 5.41) is 0. The van der Waals surface area contributed by atoms with Gasteiger partial charge in [-0.3, -0.25) is 0 Å². The number of ether oxygens (including phenoxy) is 3. The lowest BCUT2D eigenvalue weighted by molar-refractivity contribution is -0.205. The van der Waals surface area contributed by atoms with Crippen molar-refractivity contribution < 1.29 is 14.2 Å². The van der Waals surface area contributed by atoms with Gasteiger partial charge in [0.25, 0.3) is 0 Å². The quantitative estimate of drug-likeness (QED) is 0.529. The molecule has 2 aliphatic heterocycles. The van der Waals surface area contributed by atoms with Crippen molar-refractivity contribution in [1.82, 2.24) is 0 Å². The van der Waals surface area contributed by atoms with E-state index >= 15 is 0 Å². The zero-order valence-electron chi connectivity index (χ0n) is 10.5. The average molecular weight is 244 g/mol. The number of rotatable bonds is 6. The molecule has 3 nitrogen and oxygen atoms in total. The molecule has 0 amide bonds. The largest absolute Gasteiger partial charge is 0.371 e. The van der Waals surface area contributed by atoms with E-state index in [2.05, 4.69) is 13.5 Å². The van der Waals surface area contributed by atoms with Crippen LogP contribution in [0.4, 0.5) is 0 Å². The molecular formula is C12H24O3Si. The van der Waals surface area contributed by atoms with Crippen molar-refractivity contribution >= 4 is 8.80 Å². The first-order chi connectivity index (χ1) is 7.77. The normalized spacial score (nSPS) is 36.0. The molecule has 0 aromatic rings. The SMILES string of the molecule is CCC[SiH](C)C1(OCC2CO2)CCCCO1. The highest BCUT2D eigenvalue weighted by Crippen LogP contribution is 2.32. The summed E-state index contributed by atoms with van der Waals surface area (Å²) in [4.78, 5) is 0. The molecule has 0 saturated carbocycles. The molecule has 2 fully saturated rings. The fraction of sp³-hybridized carbons (Fsp3) is 1.00. The zero-order chi connectivity index (χ0) is 11.4. The van der Waals surface area contributed by atoms with E-state index in [1.54, 1.807) is 0 Å². The summed E-state index contributed by atoms with van der Waals surface area (Å²) in [6.07, 6.45) is 5.16. The van der Waals surface area contributed by atoms with Crippen molar-refractivity contribution in [3.63, 3.8) is 0 Å². The van der Waals surface area contributed by atoms with Gasteiger partial charge in [-0.05, 0) is 19.3 Å². The second-order valence-corrected chi connectivity index (χ2v) is 8.33. The molecule has 0 aromatic carbocycles. The van der Waals surface area contributed by atoms with Crippen LogP contribution in [-0.4, -0.2) is 40.1 Å². The van der Waals surface area contributed by atoms with Crippen LogP contribution >= 0.6 is 0 Å². The Morgan fingerprint density at radius 1 is 1.44 bits per heavy atom. The minimum atomic E-state index is -0.950. The van der Waals surface area contributed by atoms with E-state index < -0.39 is 8.80 Å². The van der Waals surface area contributed by atoms with Crippen LogP contribution in [0.5, 0.6) is 0 Å². The first kappa shape index (κ1) is 12.6. The van der Waals surface area contributed by atoms with E-state index in [-0.39, 0.29) is 5.41 Å². The highest BCUT2D eigenvalue weighted by molar-refractivity contribution is 6.60. The van der Waals surface area contributed by atoms with Crippen LogP contribution in [0.2, 0.25) is 12.6 Å². The third kappa shape index (κ3) is 3.06. The van der Waals surface area contributed by atoms with Gasteiger partial charge in [0, 0.05) is 6.61 Å². The van der Waals surface area contributed by atoms with Crippen molar-refractivity contribution in [2.75, 3.05) is 19.8 Å². The highest BCUT2D eigenvalue weighted by Gasteiger charge is 2.41. The van der Waals surface area contributed by atoms with Crippen LogP contribution in [0.15, 0.2) is 0 Å². The van der Waals surface area contributed by atoms with Crippen molar-refractivity contribution in [2.24, 2.45) is 0 Å². The summed E-state index contributed by atoms with van der Waals surface area (Å²) >= 11 is 0. The lowest BCUT2D eigenvalue weighted by Gasteiger charge is -2.41. The van der Waals surface area contributed by atoms with E-state index in [0.29, 0.717) is 6.10 Å². The Balaban J connectivity index is 1.91. The second kappa shape index (κ2) is 5.62. The Morgan fingerprint density at radius 3 is 2.81 bits per heavy atom. The topological polar surface area (TPSA) is 31.0 Å². The fourth-order valence-electron chi connectivity index (χ4n) is 2.49. The predicted octanol–water partition coefficient (Wildman–Crippen LogP) is 2.10. The van der Waals surface area contributed by atoms with Crippen molar-refractivity contribution in [3.05, 3.63) is 0 Å². The zero-order valence-corrected chi connectivity index (χ0v) is 11.7. The van der Waals surface area contributed by atoms with Gasteiger partial charge in [0.05, 0.1) is 13.2 Å². The van der Waals surface area contributed by atoms with E-state index in [9.17, 15) is 0 Å². The van der Waals surface area contributed by atoms with Crippen LogP contribution in [-0.2, 0) is 14.2 Å². The molecule has 3 atom stereocenters. The van der Waals surface area contributed by atoms with Gasteiger partial charge < -0.3 is 14.2 Å². The summed E-state index contributed by atoms with van der Waals surface area (Å²) in [6, 6.07) is 1.31. The first-order valence-corrected chi connectivity index (χ1v) is 9.21. The predicted molar refractivity (Wildman–Crippen MR) is 66.3 cm³/mol. The lowest BCUT2D eigenvalue weighted by atomic mass is 10.2. The molecule has 0 bridgehead atoms. The summed E-state index contributed by atoms with van der Waals surface area (Å²) in [5.41, 5.74) is -0.180. The van der Waals surface area contributed by atoms with Gasteiger partial charge in [0.2, 0.25) is 0 Å². The maximum absolute atomic E-state index is 6.12. The van der Waals surface area contributed by atoms with Gasteiger partial charge in [-0.2, -0.15) is 0 Å². The van der Waals surface area contributed by atoms with Crippen LogP contribution in [0.25, 0.3) is 0 Å². The third-order valence-electron chi connectivity index (χ3n) is 3.65. The molecule has 0 spiro atoms. The van der Waals surface area contributed by atoms with E-state index in [4.69, 9.17) is 14.2 Å². The fourth-order valence-corrected chi connectivity index (χ4v) is 5.27. The number of hydrogen-bond donors (Lipinski definition) is 0. The molecule has 2 saturated heterocycles. The summed E-state index contributed by atoms with van der Waals surface area (Å²) in [7, 11) is -0.950. The Hall–Kier alpha value is 0.0969. The van der Waals surface area contributed by atoms with Crippen molar-refractivity contribution in [3.8, 4) is 0 Å². The summed E-state index contributed by atoms with van der Waals surface area (Å²) in [6.45, 7) is 7.14. The molecule has 0 aromatic heterocycles. The van der Waals surface area contributed by atoms with Gasteiger partial charge in [0.15, 0.2) is 0 Å². The lowest BCUT2D eigenvalue weighted by Crippen LogP contribution is -2.51. The minimum absolute atomic E-state index is 0.180. The van der Waals surface area contributed by atoms with Crippen molar-refractivity contribution in [2.45, 2.75) is 56.7 Å². The number of epoxide rings is 1. The molecule has 4 heteroatoms. The van der Waals surface area contributed by atoms with Crippen LogP contribution in [0.3, 0.4) is 0 Å². The molecule has 94 valence electrons. The molecule has 0 aliphatic carbocycles. The molecule has 2 rings (SSSR count). The van der Waals surface area contributed by atoms with Gasteiger partial charge in [-0.1, -0.05) is 25.9 Å². The minimum Gasteiger partial charge on any atom is -0.371 e. The molecular weight excluding hydrogens is 220 g/mol. The van der Waals surface area contributed by atoms with E-state index in [1.807, 2.05) is 0 Å². The second-order valence-electron chi connectivity index (χ2n) is 5.07. The molecule has 0 radical (unpaired) electrons. The third-order valence-corrected chi connectivity index (χ3v) is 7.22. The summed E-state index contributed by atoms with van der Waals surface area (Å²) < 4.78 is 17.4. The number of hydrogen-bond acceptors (Lipinski definition) is 3. The Kier molecular flexibility index (Phi) is 4.41. The van der Waals surface area contributed by atoms with Crippen LogP contribution in [0, 0.1) is 0 Å². The maximum atomic E-state index is 6.12. The van der Waals surface area contributed by atoms with Gasteiger partial charge in [0.1, 0.15) is 20.3 Å². The molecule has 2 aliphatic rings. The Morgan fingerprint density at radius 2 is 2.25 bits per heavy atom. The van der Waals surface area contributed by atoms with E-state index in [1.165, 1.54) is 25.3 Å². The van der Waals surface area contributed by atoms with Gasteiger partial charge >= 0.3 is 0 Å². The molecule has 2 heterocycles. The average Bonchev–Trinajstić information content (AvgIpc) is 3.12. The van der Waals surface area contributed by atoms with Crippen LogP contribution in [0.1, 0.15) is 32.6 Å². The maximum Gasteiger partial charge on any atom is 0.148 e. The smallest absolute Gasteiger partial charge is 0.148 e. The molecule has 16 heavy (non-hydrogen) atoms. The first-order valence-electron chi connectivity index (χ1n) is 6.66. The molecule has 0 N–H and O–H groups in total. The van der Waals surface area contributed by atoms with Crippen molar-refractivity contribution in [1.29, 1.82) is 0 Å². The highest BCUT2D eigenvalue weighted by atomic mass is 28.3. The summed E-state index contributed by atoms with van der Waals surface area (Å²) in [5.74, 6) is 0. The molecule has 3 unspecified atom stereocenters. The van der Waals surface area contributed by atoms with Crippen LogP contribution < -0.4 is 0 Å². The Bertz CT molecular complexity index is 212. The van der Waals surface area contributed by atoms with Gasteiger partial charge in [-0.25, -0.2) is 0 Å². The Labute approximate surface area is 100 Å². The monoisotopic (exact) mass is 244 g/mol.